The molecule has 0 saturated carbocycles. The number of H-pyrrole nitrogens is 1. The molecule has 0 aliphatic carbocycles. The predicted octanol–water partition coefficient (Wildman–Crippen LogP) is -5.92. The Morgan fingerprint density at radius 1 is 0.875 bits per heavy atom. The molecule has 2 aromatic rings. The van der Waals surface area contributed by atoms with Crippen LogP contribution < -0.4 is 43.0 Å². The number of nitrogens with two attached hydrogens (primary N) is 1. The van der Waals surface area contributed by atoms with Crippen LogP contribution in [-0.4, -0.2) is 168 Å². The molecule has 1 fully saturated rings. The highest BCUT2D eigenvalue weighted by atomic mass is 32.2. The van der Waals surface area contributed by atoms with Gasteiger partial charge in [-0.15, -0.1) is 0 Å². The summed E-state index contributed by atoms with van der Waals surface area (Å²) in [7, 11) is -2.38. The van der Waals surface area contributed by atoms with Crippen molar-refractivity contribution in [3.05, 3.63) is 23.8 Å². The first kappa shape index (κ1) is 48.8. The largest absolute Gasteiger partial charge is 0.508 e. The smallest absolute Gasteiger partial charge is 0.246 e. The van der Waals surface area contributed by atoms with Gasteiger partial charge in [-0.3, -0.25) is 47.4 Å². The molecule has 1 aromatic carbocycles. The SMILES string of the molecule is CC[C@H](C)[C@@H]1NC(=O)CNC(=O)[C@H]2Cc3c([nH]c4cc(O)ccc34)[S@](=O)C[C@@H](NC(=O)CNC1=O)C(=O)N[C@@H](CC(N)=O)C(=O)N1C[C@H](O)C[C@@H]1C(=O)N[C@@H]([C@@H](C)[C@@H](O)CO)C(=O)N2. The van der Waals surface area contributed by atoms with E-state index in [2.05, 4.69) is 42.2 Å². The van der Waals surface area contributed by atoms with Crippen LogP contribution in [0.15, 0.2) is 23.2 Å². The Hall–Kier alpha value is -6.18. The molecule has 1 saturated heterocycles. The second-order valence-electron chi connectivity index (χ2n) is 16.1. The van der Waals surface area contributed by atoms with Gasteiger partial charge in [-0.1, -0.05) is 27.2 Å². The van der Waals surface area contributed by atoms with Crippen molar-refractivity contribution >= 4 is 74.9 Å². The first-order chi connectivity index (χ1) is 30.2. The number of primary amides is 1. The highest BCUT2D eigenvalue weighted by Crippen LogP contribution is 2.30. The summed E-state index contributed by atoms with van der Waals surface area (Å²) in [6.07, 6.45) is -4.42. The van der Waals surface area contributed by atoms with Crippen LogP contribution in [0, 0.1) is 11.8 Å². The zero-order valence-electron chi connectivity index (χ0n) is 35.2. The van der Waals surface area contributed by atoms with Gasteiger partial charge in [0.1, 0.15) is 47.0 Å². The van der Waals surface area contributed by atoms with Crippen molar-refractivity contribution in [1.82, 2.24) is 47.1 Å². The van der Waals surface area contributed by atoms with E-state index in [1.165, 1.54) is 25.1 Å². The van der Waals surface area contributed by atoms with Gasteiger partial charge in [0.2, 0.25) is 53.2 Å². The second-order valence-corrected chi connectivity index (χ2v) is 17.6. The monoisotopic (exact) mass is 918 g/mol. The molecule has 2 bridgehead atoms. The van der Waals surface area contributed by atoms with Crippen LogP contribution >= 0.6 is 0 Å². The molecule has 24 nitrogen and oxygen atoms in total. The minimum absolute atomic E-state index is 0.0800. The third-order valence-electron chi connectivity index (χ3n) is 11.5. The van der Waals surface area contributed by atoms with E-state index in [1.54, 1.807) is 13.8 Å². The maximum absolute atomic E-state index is 14.6. The van der Waals surface area contributed by atoms with Crippen molar-refractivity contribution in [2.45, 2.75) is 99.9 Å². The highest BCUT2D eigenvalue weighted by Gasteiger charge is 2.45. The van der Waals surface area contributed by atoms with Crippen LogP contribution in [-0.2, 0) is 60.4 Å². The van der Waals surface area contributed by atoms with Gasteiger partial charge in [0, 0.05) is 36.8 Å². The summed E-state index contributed by atoms with van der Waals surface area (Å²) in [6, 6.07) is -5.99. The molecule has 14 N–H and O–H groups in total. The van der Waals surface area contributed by atoms with E-state index in [9.17, 15) is 67.8 Å². The standard InChI is InChI=1S/C39H54N10O14S/c1-4-16(2)31-36(60)42-11-29(55)43-25-15-64(63)38-21(20-6-5-18(51)7-22(20)46-38)9-23(33(57)41-12-30(56)47-31)44-37(61)32(17(3)27(53)14-50)48-35(59)26-8-19(52)13-49(26)39(62)24(10-28(40)54)45-34(25)58/h5-7,16-17,19,23-27,31-32,46,50-53H,4,8-15H2,1-3H3,(H2,40,54)(H,41,57)(H,42,60)(H,43,55)(H,44,61)(H,45,58)(H,47,56)(H,48,59)/t16-,17-,19+,23+,24-,25+,26+,27-,31-,32-,64+/m0/s1. The molecule has 0 spiro atoms. The molecule has 64 heavy (non-hydrogen) atoms. The zero-order valence-corrected chi connectivity index (χ0v) is 36.0. The van der Waals surface area contributed by atoms with Crippen LogP contribution in [0.3, 0.4) is 0 Å². The van der Waals surface area contributed by atoms with E-state index < -0.39 is 176 Å². The number of nitrogens with one attached hydrogen (secondary N) is 8. The number of aromatic nitrogens is 1. The zero-order chi connectivity index (χ0) is 47.2. The molecule has 3 aliphatic rings. The Morgan fingerprint density at radius 2 is 1.55 bits per heavy atom. The first-order valence-electron chi connectivity index (χ1n) is 20.6. The van der Waals surface area contributed by atoms with Crippen molar-refractivity contribution in [3.63, 3.8) is 0 Å². The number of aromatic amines is 1. The van der Waals surface area contributed by atoms with Crippen LogP contribution in [0.5, 0.6) is 5.75 Å². The normalized spacial score (nSPS) is 28.5. The van der Waals surface area contributed by atoms with Crippen LogP contribution in [0.4, 0.5) is 0 Å². The third kappa shape index (κ3) is 11.5. The maximum Gasteiger partial charge on any atom is 0.246 e. The topological polar surface area (TPSA) is 381 Å². The number of carbonyl (C=O) groups is 9. The number of phenols is 1. The average molecular weight is 919 g/mol. The first-order valence-corrected chi connectivity index (χ1v) is 21.9. The molecule has 9 amide bonds. The number of hydrogen-bond acceptors (Lipinski definition) is 14. The summed E-state index contributed by atoms with van der Waals surface area (Å²) >= 11 is 0. The number of aliphatic hydroxyl groups excluding tert-OH is 3. The Bertz CT molecular complexity index is 2200. The average Bonchev–Trinajstić information content (AvgIpc) is 3.82. The number of amides is 9. The Kier molecular flexibility index (Phi) is 16.0. The molecule has 350 valence electrons. The van der Waals surface area contributed by atoms with Crippen molar-refractivity contribution in [2.75, 3.05) is 32.0 Å². The molecule has 0 radical (unpaired) electrons. The number of carbonyl (C=O) groups excluding carboxylic acids is 9. The molecule has 4 heterocycles. The van der Waals surface area contributed by atoms with Gasteiger partial charge in [-0.2, -0.15) is 0 Å². The fourth-order valence-electron chi connectivity index (χ4n) is 7.70. The number of nitrogens with zero attached hydrogens (tertiary/aromatic N) is 1. The Balaban J connectivity index is 1.73. The third-order valence-corrected chi connectivity index (χ3v) is 13.0. The van der Waals surface area contributed by atoms with E-state index in [0.29, 0.717) is 6.42 Å². The predicted molar refractivity (Wildman–Crippen MR) is 222 cm³/mol. The lowest BCUT2D eigenvalue weighted by Gasteiger charge is -2.32. The number of aliphatic hydroxyl groups is 3. The summed E-state index contributed by atoms with van der Waals surface area (Å²) in [5.74, 6) is -12.1. The van der Waals surface area contributed by atoms with Gasteiger partial charge in [-0.25, -0.2) is 0 Å². The van der Waals surface area contributed by atoms with E-state index in [-0.39, 0.29) is 27.2 Å². The van der Waals surface area contributed by atoms with Crippen LogP contribution in [0.25, 0.3) is 10.9 Å². The van der Waals surface area contributed by atoms with Crippen molar-refractivity contribution in [3.8, 4) is 5.75 Å². The van der Waals surface area contributed by atoms with Crippen molar-refractivity contribution in [2.24, 2.45) is 17.6 Å². The lowest BCUT2D eigenvalue weighted by Crippen LogP contribution is -2.62. The van der Waals surface area contributed by atoms with E-state index in [0.717, 1.165) is 4.90 Å². The van der Waals surface area contributed by atoms with Gasteiger partial charge in [-0.05, 0) is 23.6 Å². The van der Waals surface area contributed by atoms with Crippen molar-refractivity contribution < 1.29 is 67.8 Å². The molecule has 25 heteroatoms. The molecular formula is C39H54N10O14S. The van der Waals surface area contributed by atoms with Gasteiger partial charge in [0.25, 0.3) is 0 Å². The van der Waals surface area contributed by atoms with Gasteiger partial charge >= 0.3 is 0 Å². The number of benzene rings is 1. The molecule has 1 aromatic heterocycles. The lowest BCUT2D eigenvalue weighted by atomic mass is 9.93. The van der Waals surface area contributed by atoms with Gasteiger partial charge in [0.05, 0.1) is 60.4 Å². The summed E-state index contributed by atoms with van der Waals surface area (Å²) in [6.45, 7) is 1.76. The lowest BCUT2D eigenvalue weighted by molar-refractivity contribution is -0.144. The molecular weight excluding hydrogens is 865 g/mol. The molecule has 0 unspecified atom stereocenters. The molecule has 3 aliphatic heterocycles. The van der Waals surface area contributed by atoms with Crippen LogP contribution in [0.1, 0.15) is 45.6 Å². The van der Waals surface area contributed by atoms with E-state index in [1.807, 2.05) is 0 Å². The van der Waals surface area contributed by atoms with Gasteiger partial charge in [0.15, 0.2) is 0 Å². The van der Waals surface area contributed by atoms with Crippen molar-refractivity contribution in [1.29, 1.82) is 0 Å². The highest BCUT2D eigenvalue weighted by molar-refractivity contribution is 7.85. The Morgan fingerprint density at radius 3 is 2.20 bits per heavy atom. The quantitative estimate of drug-likeness (QED) is 0.123. The number of rotatable bonds is 7. The molecule has 11 atom stereocenters. The minimum Gasteiger partial charge on any atom is -0.508 e. The number of fused-ring (bicyclic) bond motifs is 5. The number of aromatic hydroxyl groups is 1. The summed E-state index contributed by atoms with van der Waals surface area (Å²) < 4.78 is 14.6. The van der Waals surface area contributed by atoms with Crippen LogP contribution in [0.2, 0.25) is 0 Å². The van der Waals surface area contributed by atoms with E-state index >= 15 is 0 Å². The number of phenolic OH excluding ortho intramolecular Hbond substituents is 1. The fraction of sp³-hybridized carbons (Fsp3) is 0.564. The van der Waals surface area contributed by atoms with Gasteiger partial charge < -0.3 is 73.3 Å². The molecule has 5 rings (SSSR count). The number of hydrogen-bond donors (Lipinski definition) is 13. The summed E-state index contributed by atoms with van der Waals surface area (Å²) in [4.78, 5) is 127. The minimum atomic E-state index is -2.38. The fourth-order valence-corrected chi connectivity index (χ4v) is 9.10. The summed E-state index contributed by atoms with van der Waals surface area (Å²) in [5.41, 5.74) is 5.73. The second kappa shape index (κ2) is 21.0. The Labute approximate surface area is 368 Å². The maximum atomic E-state index is 14.6. The van der Waals surface area contributed by atoms with E-state index in [4.69, 9.17) is 5.73 Å². The summed E-state index contributed by atoms with van der Waals surface area (Å²) in [5, 5.41) is 58.8.